The minimum absolute atomic E-state index is 0.0425. The number of rotatable bonds is 8. The molecule has 0 aliphatic heterocycles. The SMILES string of the molecule is COc1ccc(CNC(=O)CCc2c(C)nn(-c3ccc4nnc(C)n4n3)c2C)c(OC)c1. The van der Waals surface area contributed by atoms with Gasteiger partial charge in [0.05, 0.1) is 19.9 Å². The average Bonchev–Trinajstić information content (AvgIpc) is 3.34. The highest BCUT2D eigenvalue weighted by molar-refractivity contribution is 5.76. The molecule has 0 aliphatic rings. The lowest BCUT2D eigenvalue weighted by Crippen LogP contribution is -2.23. The number of carbonyl (C=O) groups excluding carboxylic acids is 1. The number of fused-ring (bicyclic) bond motifs is 1. The van der Waals surface area contributed by atoms with Crippen LogP contribution in [0.1, 0.15) is 34.8 Å². The number of aryl methyl sites for hydroxylation is 2. The third-order valence-electron chi connectivity index (χ3n) is 5.64. The Labute approximate surface area is 191 Å². The molecule has 0 saturated heterocycles. The summed E-state index contributed by atoms with van der Waals surface area (Å²) in [5, 5.41) is 20.3. The van der Waals surface area contributed by atoms with Crippen molar-refractivity contribution in [2.45, 2.75) is 40.2 Å². The van der Waals surface area contributed by atoms with E-state index in [4.69, 9.17) is 9.47 Å². The van der Waals surface area contributed by atoms with Gasteiger partial charge in [0.1, 0.15) is 11.5 Å². The van der Waals surface area contributed by atoms with Gasteiger partial charge in [-0.1, -0.05) is 0 Å². The van der Waals surface area contributed by atoms with Crippen molar-refractivity contribution in [2.24, 2.45) is 0 Å². The van der Waals surface area contributed by atoms with Crippen LogP contribution in [-0.4, -0.2) is 49.7 Å². The van der Waals surface area contributed by atoms with Gasteiger partial charge < -0.3 is 14.8 Å². The molecule has 33 heavy (non-hydrogen) atoms. The van der Waals surface area contributed by atoms with Crippen molar-refractivity contribution in [3.05, 3.63) is 58.7 Å². The summed E-state index contributed by atoms with van der Waals surface area (Å²) in [6.45, 7) is 6.16. The summed E-state index contributed by atoms with van der Waals surface area (Å²) < 4.78 is 14.1. The molecule has 0 spiro atoms. The van der Waals surface area contributed by atoms with Crippen molar-refractivity contribution >= 4 is 11.6 Å². The monoisotopic (exact) mass is 449 g/mol. The number of benzene rings is 1. The second kappa shape index (κ2) is 9.27. The van der Waals surface area contributed by atoms with Crippen molar-refractivity contribution in [1.29, 1.82) is 0 Å². The summed E-state index contributed by atoms with van der Waals surface area (Å²) in [7, 11) is 3.20. The average molecular weight is 450 g/mol. The standard InChI is InChI=1S/C23H27N7O3/c1-14-19(8-11-23(31)24-13-17-6-7-18(32-4)12-20(17)33-5)15(2)29(27-14)22-10-9-21-26-25-16(3)30(21)28-22/h6-7,9-10,12H,8,11,13H2,1-5H3,(H,24,31). The maximum atomic E-state index is 12.5. The molecule has 3 heterocycles. The Bertz CT molecular complexity index is 1310. The third-order valence-corrected chi connectivity index (χ3v) is 5.64. The number of methoxy groups -OCH3 is 2. The zero-order chi connectivity index (χ0) is 23.5. The highest BCUT2D eigenvalue weighted by Crippen LogP contribution is 2.24. The first-order valence-electron chi connectivity index (χ1n) is 10.6. The molecule has 0 aliphatic carbocycles. The first kappa shape index (κ1) is 22.3. The number of nitrogens with zero attached hydrogens (tertiary/aromatic N) is 6. The number of hydrogen-bond acceptors (Lipinski definition) is 7. The predicted octanol–water partition coefficient (Wildman–Crippen LogP) is 2.50. The number of nitrogens with one attached hydrogen (secondary N) is 1. The number of hydrogen-bond donors (Lipinski definition) is 1. The van der Waals surface area contributed by atoms with E-state index < -0.39 is 0 Å². The van der Waals surface area contributed by atoms with Gasteiger partial charge in [-0.25, -0.2) is 4.68 Å². The number of carbonyl (C=O) groups is 1. The first-order valence-corrected chi connectivity index (χ1v) is 10.6. The van der Waals surface area contributed by atoms with Crippen LogP contribution in [0.3, 0.4) is 0 Å². The molecule has 0 bridgehead atoms. The second-order valence-electron chi connectivity index (χ2n) is 7.72. The Balaban J connectivity index is 1.43. The van der Waals surface area contributed by atoms with E-state index in [1.807, 2.05) is 45.0 Å². The molecular weight excluding hydrogens is 422 g/mol. The van der Waals surface area contributed by atoms with Gasteiger partial charge in [0.25, 0.3) is 0 Å². The summed E-state index contributed by atoms with van der Waals surface area (Å²) in [5.41, 5.74) is 4.43. The summed E-state index contributed by atoms with van der Waals surface area (Å²) >= 11 is 0. The van der Waals surface area contributed by atoms with Gasteiger partial charge in [-0.05, 0) is 57.0 Å². The van der Waals surface area contributed by atoms with Gasteiger partial charge >= 0.3 is 0 Å². The summed E-state index contributed by atoms with van der Waals surface area (Å²) in [6, 6.07) is 9.26. The van der Waals surface area contributed by atoms with Crippen LogP contribution in [0.15, 0.2) is 30.3 Å². The van der Waals surface area contributed by atoms with Gasteiger partial charge in [-0.15, -0.1) is 15.3 Å². The number of amides is 1. The molecule has 172 valence electrons. The molecule has 4 aromatic rings. The lowest BCUT2D eigenvalue weighted by atomic mass is 10.1. The van der Waals surface area contributed by atoms with Gasteiger partial charge in [0.15, 0.2) is 17.3 Å². The summed E-state index contributed by atoms with van der Waals surface area (Å²) in [5.74, 6) is 2.72. The molecule has 0 fully saturated rings. The smallest absolute Gasteiger partial charge is 0.220 e. The molecule has 1 aromatic carbocycles. The Morgan fingerprint density at radius 2 is 1.85 bits per heavy atom. The minimum Gasteiger partial charge on any atom is -0.497 e. The van der Waals surface area contributed by atoms with Gasteiger partial charge in [0.2, 0.25) is 5.91 Å². The molecular formula is C23H27N7O3. The van der Waals surface area contributed by atoms with E-state index in [-0.39, 0.29) is 5.91 Å². The van der Waals surface area contributed by atoms with Crippen molar-refractivity contribution in [3.8, 4) is 17.3 Å². The fraction of sp³-hybridized carbons (Fsp3) is 0.348. The molecule has 0 saturated carbocycles. The van der Waals surface area contributed by atoms with Crippen LogP contribution in [0.25, 0.3) is 11.5 Å². The van der Waals surface area contributed by atoms with Crippen LogP contribution >= 0.6 is 0 Å². The lowest BCUT2D eigenvalue weighted by molar-refractivity contribution is -0.121. The molecule has 1 amide bonds. The van der Waals surface area contributed by atoms with Crippen molar-refractivity contribution in [3.63, 3.8) is 0 Å². The van der Waals surface area contributed by atoms with Gasteiger partial charge in [0, 0.05) is 30.3 Å². The van der Waals surface area contributed by atoms with Crippen molar-refractivity contribution < 1.29 is 14.3 Å². The molecule has 4 rings (SSSR count). The first-order chi connectivity index (χ1) is 15.9. The maximum absolute atomic E-state index is 12.5. The van der Waals surface area contributed by atoms with E-state index >= 15 is 0 Å². The molecule has 0 atom stereocenters. The maximum Gasteiger partial charge on any atom is 0.220 e. The van der Waals surface area contributed by atoms with E-state index in [0.717, 1.165) is 22.5 Å². The molecule has 3 aromatic heterocycles. The van der Waals surface area contributed by atoms with E-state index in [1.54, 1.807) is 29.5 Å². The summed E-state index contributed by atoms with van der Waals surface area (Å²) in [4.78, 5) is 12.5. The Kier molecular flexibility index (Phi) is 6.25. The Morgan fingerprint density at radius 3 is 2.61 bits per heavy atom. The zero-order valence-corrected chi connectivity index (χ0v) is 19.4. The summed E-state index contributed by atoms with van der Waals surface area (Å²) in [6.07, 6.45) is 0.931. The largest absolute Gasteiger partial charge is 0.497 e. The van der Waals surface area contributed by atoms with Crippen molar-refractivity contribution in [2.75, 3.05) is 14.2 Å². The minimum atomic E-state index is -0.0425. The highest BCUT2D eigenvalue weighted by Gasteiger charge is 2.16. The number of ether oxygens (including phenoxy) is 2. The molecule has 0 unspecified atom stereocenters. The second-order valence-corrected chi connectivity index (χ2v) is 7.72. The topological polar surface area (TPSA) is 108 Å². The molecule has 10 nitrogen and oxygen atoms in total. The van der Waals surface area contributed by atoms with Crippen molar-refractivity contribution in [1.82, 2.24) is 34.9 Å². The van der Waals surface area contributed by atoms with Crippen LogP contribution in [0.5, 0.6) is 11.5 Å². The van der Waals surface area contributed by atoms with Crippen LogP contribution in [0.4, 0.5) is 0 Å². The fourth-order valence-electron chi connectivity index (χ4n) is 3.78. The van der Waals surface area contributed by atoms with E-state index in [9.17, 15) is 4.79 Å². The molecule has 10 heteroatoms. The van der Waals surface area contributed by atoms with Crippen LogP contribution in [0, 0.1) is 20.8 Å². The number of aromatic nitrogens is 6. The Hall–Kier alpha value is -3.95. The lowest BCUT2D eigenvalue weighted by Gasteiger charge is -2.11. The quantitative estimate of drug-likeness (QED) is 0.440. The van der Waals surface area contributed by atoms with Crippen LogP contribution < -0.4 is 14.8 Å². The normalized spacial score (nSPS) is 11.1. The van der Waals surface area contributed by atoms with Gasteiger partial charge in [-0.2, -0.15) is 9.61 Å². The zero-order valence-electron chi connectivity index (χ0n) is 19.4. The van der Waals surface area contributed by atoms with E-state index in [0.29, 0.717) is 48.2 Å². The van der Waals surface area contributed by atoms with E-state index in [2.05, 4.69) is 25.7 Å². The predicted molar refractivity (Wildman–Crippen MR) is 122 cm³/mol. The van der Waals surface area contributed by atoms with E-state index in [1.165, 1.54) is 0 Å². The van der Waals surface area contributed by atoms with Crippen LogP contribution in [-0.2, 0) is 17.8 Å². The third kappa shape index (κ3) is 4.50. The van der Waals surface area contributed by atoms with Crippen LogP contribution in [0.2, 0.25) is 0 Å². The fourth-order valence-corrected chi connectivity index (χ4v) is 3.78. The molecule has 1 N–H and O–H groups in total. The molecule has 0 radical (unpaired) electrons. The van der Waals surface area contributed by atoms with Gasteiger partial charge in [-0.3, -0.25) is 4.79 Å². The Morgan fingerprint density at radius 1 is 1.03 bits per heavy atom. The highest BCUT2D eigenvalue weighted by atomic mass is 16.5.